The Morgan fingerprint density at radius 2 is 1.94 bits per heavy atom. The van der Waals surface area contributed by atoms with Gasteiger partial charge in [-0.2, -0.15) is 20.1 Å². The summed E-state index contributed by atoms with van der Waals surface area (Å²) in [6.07, 6.45) is 6.13. The minimum absolute atomic E-state index is 0.145. The van der Waals surface area contributed by atoms with Crippen molar-refractivity contribution in [3.05, 3.63) is 78.1 Å². The molecule has 0 radical (unpaired) electrons. The summed E-state index contributed by atoms with van der Waals surface area (Å²) in [6, 6.07) is 10.2. The molecule has 176 valence electrons. The highest BCUT2D eigenvalue weighted by molar-refractivity contribution is 5.98. The number of amides is 1. The average Bonchev–Trinajstić information content (AvgIpc) is 3.52. The maximum atomic E-state index is 13.7. The van der Waals surface area contributed by atoms with E-state index in [2.05, 4.69) is 20.3 Å². The Labute approximate surface area is 196 Å². The summed E-state index contributed by atoms with van der Waals surface area (Å²) in [6.45, 7) is 5.16. The first-order valence-electron chi connectivity index (χ1n) is 10.9. The monoisotopic (exact) mass is 463 g/mol. The van der Waals surface area contributed by atoms with Gasteiger partial charge >= 0.3 is 0 Å². The molecule has 1 amide bonds. The van der Waals surface area contributed by atoms with Gasteiger partial charge in [-0.05, 0) is 44.2 Å². The molecule has 0 aliphatic heterocycles. The predicted molar refractivity (Wildman–Crippen MR) is 124 cm³/mol. The fraction of sp³-hybridized carbons (Fsp3) is 0.292. The van der Waals surface area contributed by atoms with Crippen LogP contribution in [0.3, 0.4) is 0 Å². The molecule has 0 saturated heterocycles. The van der Waals surface area contributed by atoms with Crippen molar-refractivity contribution in [2.45, 2.75) is 26.4 Å². The first-order valence-corrected chi connectivity index (χ1v) is 10.9. The normalized spacial score (nSPS) is 12.0. The van der Waals surface area contributed by atoms with Crippen molar-refractivity contribution < 1.29 is 13.9 Å². The zero-order valence-corrected chi connectivity index (χ0v) is 19.3. The molecule has 0 aliphatic carbocycles. The van der Waals surface area contributed by atoms with Gasteiger partial charge in [-0.15, -0.1) is 0 Å². The number of aromatic nitrogens is 6. The SMILES string of the molecule is COCCN(C(=O)c1cc(C)ccc1-n1nccn1)[C@@H](C)Cn1ccc(-c2ccc(F)cn2)n1. The van der Waals surface area contributed by atoms with Crippen molar-refractivity contribution in [1.82, 2.24) is 34.7 Å². The number of benzene rings is 1. The van der Waals surface area contributed by atoms with E-state index >= 15 is 0 Å². The molecule has 0 unspecified atom stereocenters. The predicted octanol–water partition coefficient (Wildman–Crippen LogP) is 3.15. The minimum atomic E-state index is -0.398. The molecular weight excluding hydrogens is 437 g/mol. The van der Waals surface area contributed by atoms with Gasteiger partial charge in [0.15, 0.2) is 0 Å². The maximum absolute atomic E-state index is 13.7. The number of carbonyl (C=O) groups is 1. The molecule has 0 N–H and O–H groups in total. The van der Waals surface area contributed by atoms with Crippen molar-refractivity contribution in [3.8, 4) is 17.1 Å². The summed E-state index contributed by atoms with van der Waals surface area (Å²) < 4.78 is 20.2. The van der Waals surface area contributed by atoms with E-state index in [-0.39, 0.29) is 11.9 Å². The van der Waals surface area contributed by atoms with Crippen molar-refractivity contribution in [3.63, 3.8) is 0 Å². The molecule has 0 saturated carbocycles. The molecule has 10 heteroatoms. The van der Waals surface area contributed by atoms with Crippen LogP contribution in [-0.4, -0.2) is 66.9 Å². The standard InChI is InChI=1S/C24H26FN7O2/c1-17-4-7-23(32-27-9-10-28-32)20(14-17)24(33)31(12-13-34-3)18(2)16-30-11-8-22(29-30)21-6-5-19(25)15-26-21/h4-11,14-15,18H,12-13,16H2,1-3H3/t18-/m0/s1. The molecule has 34 heavy (non-hydrogen) atoms. The van der Waals surface area contributed by atoms with Crippen molar-refractivity contribution in [1.29, 1.82) is 0 Å². The smallest absolute Gasteiger partial charge is 0.256 e. The lowest BCUT2D eigenvalue weighted by Gasteiger charge is -2.30. The highest BCUT2D eigenvalue weighted by atomic mass is 19.1. The van der Waals surface area contributed by atoms with Crippen LogP contribution in [0.2, 0.25) is 0 Å². The number of nitrogens with zero attached hydrogens (tertiary/aromatic N) is 7. The number of rotatable bonds is 9. The third-order valence-corrected chi connectivity index (χ3v) is 5.43. The third kappa shape index (κ3) is 5.18. The Kier molecular flexibility index (Phi) is 7.07. The molecule has 0 fully saturated rings. The molecule has 3 aromatic heterocycles. The largest absolute Gasteiger partial charge is 0.383 e. The van der Waals surface area contributed by atoms with Gasteiger partial charge in [0.1, 0.15) is 11.5 Å². The van der Waals surface area contributed by atoms with Crippen LogP contribution >= 0.6 is 0 Å². The third-order valence-electron chi connectivity index (χ3n) is 5.43. The summed E-state index contributed by atoms with van der Waals surface area (Å²) in [5.74, 6) is -0.543. The Bertz CT molecular complexity index is 1240. The second kappa shape index (κ2) is 10.3. The minimum Gasteiger partial charge on any atom is -0.383 e. The summed E-state index contributed by atoms with van der Waals surface area (Å²) in [5.41, 5.74) is 3.29. The number of carbonyl (C=O) groups excluding carboxylic acids is 1. The molecule has 3 heterocycles. The van der Waals surface area contributed by atoms with Gasteiger partial charge < -0.3 is 9.64 Å². The zero-order valence-electron chi connectivity index (χ0n) is 19.3. The average molecular weight is 464 g/mol. The van der Waals surface area contributed by atoms with Crippen LogP contribution < -0.4 is 0 Å². The van der Waals surface area contributed by atoms with Gasteiger partial charge in [0.25, 0.3) is 5.91 Å². The lowest BCUT2D eigenvalue weighted by molar-refractivity contribution is 0.0595. The van der Waals surface area contributed by atoms with Crippen LogP contribution in [-0.2, 0) is 11.3 Å². The molecule has 0 aliphatic rings. The van der Waals surface area contributed by atoms with E-state index in [4.69, 9.17) is 4.74 Å². The zero-order chi connectivity index (χ0) is 24.1. The van der Waals surface area contributed by atoms with E-state index in [1.807, 2.05) is 44.3 Å². The topological polar surface area (TPSA) is 91.0 Å². The second-order valence-electron chi connectivity index (χ2n) is 7.96. The van der Waals surface area contributed by atoms with Gasteiger partial charge in [0, 0.05) is 25.9 Å². The fourth-order valence-electron chi connectivity index (χ4n) is 3.70. The van der Waals surface area contributed by atoms with Crippen LogP contribution in [0.4, 0.5) is 4.39 Å². The molecule has 1 aromatic carbocycles. The lowest BCUT2D eigenvalue weighted by Crippen LogP contribution is -2.43. The van der Waals surface area contributed by atoms with E-state index in [0.29, 0.717) is 42.3 Å². The van der Waals surface area contributed by atoms with E-state index in [0.717, 1.165) is 11.8 Å². The number of ether oxygens (including phenoxy) is 1. The van der Waals surface area contributed by atoms with E-state index < -0.39 is 5.82 Å². The highest BCUT2D eigenvalue weighted by Crippen LogP contribution is 2.20. The first kappa shape index (κ1) is 23.2. The van der Waals surface area contributed by atoms with Crippen molar-refractivity contribution >= 4 is 5.91 Å². The van der Waals surface area contributed by atoms with Crippen molar-refractivity contribution in [2.24, 2.45) is 0 Å². The van der Waals surface area contributed by atoms with Gasteiger partial charge in [-0.1, -0.05) is 11.6 Å². The Morgan fingerprint density at radius 1 is 1.15 bits per heavy atom. The molecule has 4 aromatic rings. The van der Waals surface area contributed by atoms with Crippen LogP contribution in [0.15, 0.2) is 61.2 Å². The summed E-state index contributed by atoms with van der Waals surface area (Å²) in [7, 11) is 1.61. The van der Waals surface area contributed by atoms with Crippen LogP contribution in [0, 0.1) is 12.7 Å². The first-order chi connectivity index (χ1) is 16.5. The van der Waals surface area contributed by atoms with Crippen LogP contribution in [0.25, 0.3) is 17.1 Å². The quantitative estimate of drug-likeness (QED) is 0.379. The van der Waals surface area contributed by atoms with Gasteiger partial charge in [-0.25, -0.2) is 4.39 Å². The molecular formula is C24H26FN7O2. The van der Waals surface area contributed by atoms with Gasteiger partial charge in [0.05, 0.1) is 48.7 Å². The molecule has 0 bridgehead atoms. The van der Waals surface area contributed by atoms with Crippen LogP contribution in [0.5, 0.6) is 0 Å². The molecule has 9 nitrogen and oxygen atoms in total. The Morgan fingerprint density at radius 3 is 2.65 bits per heavy atom. The van der Waals surface area contributed by atoms with E-state index in [1.165, 1.54) is 10.9 Å². The van der Waals surface area contributed by atoms with Gasteiger partial charge in [-0.3, -0.25) is 14.5 Å². The molecule has 0 spiro atoms. The van der Waals surface area contributed by atoms with E-state index in [9.17, 15) is 9.18 Å². The number of pyridine rings is 1. The second-order valence-corrected chi connectivity index (χ2v) is 7.96. The summed E-state index contributed by atoms with van der Waals surface area (Å²) in [4.78, 5) is 21.0. The maximum Gasteiger partial charge on any atom is 0.256 e. The number of aryl methyl sites for hydroxylation is 1. The van der Waals surface area contributed by atoms with Crippen molar-refractivity contribution in [2.75, 3.05) is 20.3 Å². The number of hydrogen-bond donors (Lipinski definition) is 0. The Balaban J connectivity index is 1.58. The van der Waals surface area contributed by atoms with E-state index in [1.54, 1.807) is 35.2 Å². The number of hydrogen-bond acceptors (Lipinski definition) is 6. The fourth-order valence-corrected chi connectivity index (χ4v) is 3.70. The highest BCUT2D eigenvalue weighted by Gasteiger charge is 2.25. The number of halogens is 1. The Hall–Kier alpha value is -3.92. The molecule has 1 atom stereocenters. The lowest BCUT2D eigenvalue weighted by atomic mass is 10.1. The molecule has 4 rings (SSSR count). The summed E-state index contributed by atoms with van der Waals surface area (Å²) in [5, 5.41) is 12.9. The number of methoxy groups -OCH3 is 1. The van der Waals surface area contributed by atoms with Crippen LogP contribution in [0.1, 0.15) is 22.8 Å². The van der Waals surface area contributed by atoms with Gasteiger partial charge in [0.2, 0.25) is 0 Å². The summed E-state index contributed by atoms with van der Waals surface area (Å²) >= 11 is 0.